The first-order valence-corrected chi connectivity index (χ1v) is 15.1. The lowest BCUT2D eigenvalue weighted by Crippen LogP contribution is -2.50. The molecule has 2 rings (SSSR count). The molecule has 0 unspecified atom stereocenters. The maximum Gasteiger partial charge on any atom is 0.243 e. The summed E-state index contributed by atoms with van der Waals surface area (Å²) in [6.45, 7) is 7.79. The Balaban J connectivity index is 2.27. The minimum absolute atomic E-state index is 0.0249. The van der Waals surface area contributed by atoms with Gasteiger partial charge in [0.05, 0.1) is 11.9 Å². The van der Waals surface area contributed by atoms with E-state index in [0.29, 0.717) is 27.7 Å². The Kier molecular flexibility index (Phi) is 11.7. The molecule has 0 heterocycles. The lowest BCUT2D eigenvalue weighted by molar-refractivity contribution is -0.141. The molecule has 7 nitrogen and oxygen atoms in total. The molecule has 0 saturated carbocycles. The molecule has 0 aromatic heterocycles. The van der Waals surface area contributed by atoms with Gasteiger partial charge in [0, 0.05) is 35.6 Å². The molecule has 0 aliphatic rings. The van der Waals surface area contributed by atoms with Crippen LogP contribution >= 0.6 is 23.2 Å². The number of sulfonamides is 1. The second-order valence-electron chi connectivity index (χ2n) is 9.18. The number of nitrogens with zero attached hydrogens (tertiary/aromatic N) is 2. The number of halogens is 2. The van der Waals surface area contributed by atoms with E-state index in [4.69, 9.17) is 23.2 Å². The van der Waals surface area contributed by atoms with Crippen LogP contribution in [-0.4, -0.2) is 50.0 Å². The Bertz CT molecular complexity index is 1190. The molecule has 204 valence electrons. The molecule has 0 aliphatic heterocycles. The molecule has 0 spiro atoms. The van der Waals surface area contributed by atoms with Gasteiger partial charge in [0.2, 0.25) is 21.8 Å². The molecule has 0 saturated heterocycles. The normalized spacial score (nSPS) is 13.1. The van der Waals surface area contributed by atoms with Crippen molar-refractivity contribution in [3.63, 3.8) is 0 Å². The van der Waals surface area contributed by atoms with Crippen molar-refractivity contribution in [2.75, 3.05) is 17.1 Å². The Morgan fingerprint density at radius 2 is 1.65 bits per heavy atom. The number of benzene rings is 2. The van der Waals surface area contributed by atoms with E-state index >= 15 is 0 Å². The van der Waals surface area contributed by atoms with E-state index in [2.05, 4.69) is 5.32 Å². The Morgan fingerprint density at radius 1 is 1.00 bits per heavy atom. The van der Waals surface area contributed by atoms with Crippen LogP contribution in [0.2, 0.25) is 10.0 Å². The third-order valence-corrected chi connectivity index (χ3v) is 8.30. The summed E-state index contributed by atoms with van der Waals surface area (Å²) in [6.07, 6.45) is 2.65. The van der Waals surface area contributed by atoms with E-state index in [1.165, 1.54) is 4.31 Å². The van der Waals surface area contributed by atoms with E-state index in [1.54, 1.807) is 36.1 Å². The molecule has 0 bridgehead atoms. The molecule has 2 atom stereocenters. The highest BCUT2D eigenvalue weighted by Gasteiger charge is 2.30. The zero-order chi connectivity index (χ0) is 27.8. The van der Waals surface area contributed by atoms with E-state index in [9.17, 15) is 18.0 Å². The van der Waals surface area contributed by atoms with Gasteiger partial charge in [0.25, 0.3) is 0 Å². The van der Waals surface area contributed by atoms with Crippen LogP contribution in [0.3, 0.4) is 0 Å². The van der Waals surface area contributed by atoms with Crippen molar-refractivity contribution < 1.29 is 18.0 Å². The minimum Gasteiger partial charge on any atom is -0.352 e. The summed E-state index contributed by atoms with van der Waals surface area (Å²) in [4.78, 5) is 28.2. The zero-order valence-electron chi connectivity index (χ0n) is 22.1. The van der Waals surface area contributed by atoms with Gasteiger partial charge in [-0.2, -0.15) is 0 Å². The summed E-state index contributed by atoms with van der Waals surface area (Å²) in [5, 5.41) is 3.95. The molecule has 2 aromatic rings. The standard InChI is InChI=1S/C27H37Cl2N3O4S/c1-6-19(3)30-27(34)24(7-2)31(18-21-12-8-9-13-23(21)29)26(33)16-11-17-32(37(5,35)36)25-15-10-14-22(28)20(25)4/h8-10,12-15,19,24H,6-7,11,16-18H2,1-5H3,(H,30,34)/t19-,24+/m1/s1. The number of carbonyl (C=O) groups is 2. The van der Waals surface area contributed by atoms with Crippen molar-refractivity contribution in [3.05, 3.63) is 63.6 Å². The topological polar surface area (TPSA) is 86.8 Å². The van der Waals surface area contributed by atoms with Crippen LogP contribution < -0.4 is 9.62 Å². The van der Waals surface area contributed by atoms with E-state index in [1.807, 2.05) is 39.0 Å². The van der Waals surface area contributed by atoms with Crippen LogP contribution in [0.25, 0.3) is 0 Å². The summed E-state index contributed by atoms with van der Waals surface area (Å²) in [6, 6.07) is 11.6. The minimum atomic E-state index is -3.61. The molecular formula is C27H37Cl2N3O4S. The highest BCUT2D eigenvalue weighted by Crippen LogP contribution is 2.29. The Labute approximate surface area is 231 Å². The Morgan fingerprint density at radius 3 is 2.24 bits per heavy atom. The summed E-state index contributed by atoms with van der Waals surface area (Å²) in [7, 11) is -3.61. The van der Waals surface area contributed by atoms with Crippen LogP contribution in [0.1, 0.15) is 57.6 Å². The van der Waals surface area contributed by atoms with Gasteiger partial charge < -0.3 is 10.2 Å². The van der Waals surface area contributed by atoms with Crippen molar-refractivity contribution in [1.82, 2.24) is 10.2 Å². The molecule has 0 radical (unpaired) electrons. The monoisotopic (exact) mass is 569 g/mol. The van der Waals surface area contributed by atoms with Gasteiger partial charge in [0.15, 0.2) is 0 Å². The fourth-order valence-electron chi connectivity index (χ4n) is 4.02. The summed E-state index contributed by atoms with van der Waals surface area (Å²) in [5.74, 6) is -0.466. The van der Waals surface area contributed by atoms with Crippen LogP contribution in [0.5, 0.6) is 0 Å². The average Bonchev–Trinajstić information content (AvgIpc) is 2.84. The first kappa shape index (κ1) is 30.9. The maximum absolute atomic E-state index is 13.5. The summed E-state index contributed by atoms with van der Waals surface area (Å²) < 4.78 is 26.4. The maximum atomic E-state index is 13.5. The lowest BCUT2D eigenvalue weighted by Gasteiger charge is -2.32. The Hall–Kier alpha value is -2.29. The average molecular weight is 571 g/mol. The highest BCUT2D eigenvalue weighted by molar-refractivity contribution is 7.92. The fourth-order valence-corrected chi connectivity index (χ4v) is 5.40. The zero-order valence-corrected chi connectivity index (χ0v) is 24.5. The van der Waals surface area contributed by atoms with Gasteiger partial charge in [-0.1, -0.05) is 61.3 Å². The number of anilines is 1. The SMILES string of the molecule is CC[C@@H](C)NC(=O)[C@H](CC)N(Cc1ccccc1Cl)C(=O)CCCN(c1cccc(Cl)c1C)S(C)(=O)=O. The van der Waals surface area contributed by atoms with Crippen LogP contribution in [0.4, 0.5) is 5.69 Å². The van der Waals surface area contributed by atoms with Crippen molar-refractivity contribution in [3.8, 4) is 0 Å². The second-order valence-corrected chi connectivity index (χ2v) is 11.9. The quantitative estimate of drug-likeness (QED) is 0.341. The molecule has 2 amide bonds. The summed E-state index contributed by atoms with van der Waals surface area (Å²) >= 11 is 12.6. The third-order valence-electron chi connectivity index (χ3n) is 6.35. The first-order chi connectivity index (χ1) is 17.4. The van der Waals surface area contributed by atoms with Gasteiger partial charge in [-0.3, -0.25) is 13.9 Å². The number of nitrogens with one attached hydrogen (secondary N) is 1. The fraction of sp³-hybridized carbons (Fsp3) is 0.481. The number of hydrogen-bond acceptors (Lipinski definition) is 4. The largest absolute Gasteiger partial charge is 0.352 e. The van der Waals surface area contributed by atoms with Crippen molar-refractivity contribution in [2.45, 2.75) is 72.0 Å². The van der Waals surface area contributed by atoms with Crippen molar-refractivity contribution in [1.29, 1.82) is 0 Å². The molecular weight excluding hydrogens is 533 g/mol. The second kappa shape index (κ2) is 14.0. The highest BCUT2D eigenvalue weighted by atomic mass is 35.5. The number of rotatable bonds is 13. The van der Waals surface area contributed by atoms with E-state index in [0.717, 1.165) is 18.2 Å². The molecule has 0 aliphatic carbocycles. The smallest absolute Gasteiger partial charge is 0.243 e. The third kappa shape index (κ3) is 8.62. The van der Waals surface area contributed by atoms with E-state index < -0.39 is 16.1 Å². The van der Waals surface area contributed by atoms with Gasteiger partial charge in [-0.15, -0.1) is 0 Å². The molecule has 2 aromatic carbocycles. The summed E-state index contributed by atoms with van der Waals surface area (Å²) in [5.41, 5.74) is 1.86. The number of carbonyl (C=O) groups excluding carboxylic acids is 2. The van der Waals surface area contributed by atoms with Crippen LogP contribution in [-0.2, 0) is 26.2 Å². The van der Waals surface area contributed by atoms with Gasteiger partial charge in [-0.25, -0.2) is 8.42 Å². The van der Waals surface area contributed by atoms with Gasteiger partial charge >= 0.3 is 0 Å². The van der Waals surface area contributed by atoms with Crippen molar-refractivity contribution >= 4 is 50.7 Å². The first-order valence-electron chi connectivity index (χ1n) is 12.5. The number of hydrogen-bond donors (Lipinski definition) is 1. The van der Waals surface area contributed by atoms with Gasteiger partial charge in [-0.05, 0) is 62.4 Å². The molecule has 0 fully saturated rings. The predicted molar refractivity (Wildman–Crippen MR) is 152 cm³/mol. The van der Waals surface area contributed by atoms with Crippen LogP contribution in [0.15, 0.2) is 42.5 Å². The molecule has 10 heteroatoms. The van der Waals surface area contributed by atoms with E-state index in [-0.39, 0.29) is 43.8 Å². The number of amides is 2. The van der Waals surface area contributed by atoms with Gasteiger partial charge in [0.1, 0.15) is 6.04 Å². The predicted octanol–water partition coefficient (Wildman–Crippen LogP) is 5.57. The molecule has 37 heavy (non-hydrogen) atoms. The van der Waals surface area contributed by atoms with Crippen LogP contribution in [0, 0.1) is 6.92 Å². The molecule has 1 N–H and O–H groups in total. The van der Waals surface area contributed by atoms with Crippen molar-refractivity contribution in [2.24, 2.45) is 0 Å². The lowest BCUT2D eigenvalue weighted by atomic mass is 10.1.